The highest BCUT2D eigenvalue weighted by atomic mass is 16.5. The van der Waals surface area contributed by atoms with Crippen molar-refractivity contribution in [1.29, 1.82) is 0 Å². The monoisotopic (exact) mass is 335 g/mol. The number of hydrogen-bond donors (Lipinski definition) is 0. The molecule has 0 unspecified atom stereocenters. The van der Waals surface area contributed by atoms with Crippen LogP contribution in [0, 0.1) is 0 Å². The second-order valence-electron chi connectivity index (χ2n) is 5.97. The third kappa shape index (κ3) is 2.50. The molecule has 3 aromatic rings. The van der Waals surface area contributed by atoms with Gasteiger partial charge in [-0.05, 0) is 31.7 Å². The molecule has 1 aliphatic rings. The molecule has 0 spiro atoms. The SMILES string of the molecule is CCOC(=O)c1cnc2c3c(ncn2c1=O)-c1ccccc1CCC3. The molecule has 0 N–H and O–H groups in total. The molecule has 25 heavy (non-hydrogen) atoms. The number of aryl methyl sites for hydroxylation is 2. The summed E-state index contributed by atoms with van der Waals surface area (Å²) in [5, 5.41) is 0. The predicted molar refractivity (Wildman–Crippen MR) is 92.7 cm³/mol. The summed E-state index contributed by atoms with van der Waals surface area (Å²) in [5.74, 6) is -0.658. The molecule has 0 saturated carbocycles. The van der Waals surface area contributed by atoms with E-state index in [0.717, 1.165) is 36.1 Å². The van der Waals surface area contributed by atoms with Crippen molar-refractivity contribution in [2.24, 2.45) is 0 Å². The van der Waals surface area contributed by atoms with Crippen LogP contribution in [0.25, 0.3) is 16.9 Å². The van der Waals surface area contributed by atoms with E-state index in [0.29, 0.717) is 5.65 Å². The first kappa shape index (κ1) is 15.5. The maximum absolute atomic E-state index is 12.6. The predicted octanol–water partition coefficient (Wildman–Crippen LogP) is 2.42. The maximum Gasteiger partial charge on any atom is 0.345 e. The molecule has 0 radical (unpaired) electrons. The summed E-state index contributed by atoms with van der Waals surface area (Å²) in [7, 11) is 0. The van der Waals surface area contributed by atoms with Gasteiger partial charge in [0.15, 0.2) is 0 Å². The molecule has 0 fully saturated rings. The van der Waals surface area contributed by atoms with Gasteiger partial charge in [-0.2, -0.15) is 0 Å². The first-order valence-corrected chi connectivity index (χ1v) is 8.35. The van der Waals surface area contributed by atoms with Crippen LogP contribution in [0.15, 0.2) is 41.6 Å². The lowest BCUT2D eigenvalue weighted by Crippen LogP contribution is -2.25. The summed E-state index contributed by atoms with van der Waals surface area (Å²) >= 11 is 0. The lowest BCUT2D eigenvalue weighted by atomic mass is 10.0. The van der Waals surface area contributed by atoms with Crippen LogP contribution < -0.4 is 5.56 Å². The van der Waals surface area contributed by atoms with E-state index in [2.05, 4.69) is 16.0 Å². The van der Waals surface area contributed by atoms with Crippen LogP contribution in [0.3, 0.4) is 0 Å². The van der Waals surface area contributed by atoms with Crippen LogP contribution in [0.1, 0.15) is 34.8 Å². The standard InChI is InChI=1S/C19H17N3O3/c1-2-25-19(24)15-10-20-17-14-9-5-7-12-6-3-4-8-13(12)16(14)21-11-22(17)18(15)23/h3-4,6,8,10-11H,2,5,7,9H2,1H3. The van der Waals surface area contributed by atoms with Crippen LogP contribution in [0.5, 0.6) is 0 Å². The van der Waals surface area contributed by atoms with E-state index in [9.17, 15) is 9.59 Å². The first-order chi connectivity index (χ1) is 12.2. The number of hydrogen-bond acceptors (Lipinski definition) is 5. The van der Waals surface area contributed by atoms with E-state index in [1.807, 2.05) is 18.2 Å². The van der Waals surface area contributed by atoms with Gasteiger partial charge in [-0.15, -0.1) is 0 Å². The zero-order chi connectivity index (χ0) is 17.4. The summed E-state index contributed by atoms with van der Waals surface area (Å²) in [6.45, 7) is 1.91. The van der Waals surface area contributed by atoms with E-state index in [1.165, 1.54) is 22.5 Å². The van der Waals surface area contributed by atoms with Gasteiger partial charge in [0, 0.05) is 17.3 Å². The highest BCUT2D eigenvalue weighted by Crippen LogP contribution is 2.31. The van der Waals surface area contributed by atoms with Gasteiger partial charge in [0.2, 0.25) is 0 Å². The topological polar surface area (TPSA) is 73.6 Å². The minimum Gasteiger partial charge on any atom is -0.462 e. The number of ether oxygens (including phenoxy) is 1. The number of fused-ring (bicyclic) bond motifs is 5. The maximum atomic E-state index is 12.6. The molecule has 4 rings (SSSR count). The Balaban J connectivity index is 1.95. The Labute approximate surface area is 144 Å². The van der Waals surface area contributed by atoms with Gasteiger partial charge in [-0.25, -0.2) is 19.2 Å². The molecule has 1 aliphatic carbocycles. The molecule has 6 heteroatoms. The van der Waals surface area contributed by atoms with Crippen LogP contribution in [-0.2, 0) is 17.6 Å². The molecule has 0 amide bonds. The average molecular weight is 335 g/mol. The van der Waals surface area contributed by atoms with Crippen molar-refractivity contribution in [2.75, 3.05) is 6.61 Å². The van der Waals surface area contributed by atoms with E-state index in [-0.39, 0.29) is 12.2 Å². The normalized spacial score (nSPS) is 13.0. The Kier molecular flexibility index (Phi) is 3.80. The van der Waals surface area contributed by atoms with Gasteiger partial charge in [0.25, 0.3) is 5.56 Å². The largest absolute Gasteiger partial charge is 0.462 e. The first-order valence-electron chi connectivity index (χ1n) is 8.35. The van der Waals surface area contributed by atoms with E-state index in [4.69, 9.17) is 4.74 Å². The molecule has 2 aromatic heterocycles. The van der Waals surface area contributed by atoms with Gasteiger partial charge < -0.3 is 4.74 Å². The molecule has 2 heterocycles. The highest BCUT2D eigenvalue weighted by molar-refractivity contribution is 5.89. The third-order valence-electron chi connectivity index (χ3n) is 4.49. The van der Waals surface area contributed by atoms with Crippen LogP contribution in [-0.4, -0.2) is 26.9 Å². The Morgan fingerprint density at radius 2 is 2.08 bits per heavy atom. The van der Waals surface area contributed by atoms with Crippen LogP contribution in [0.4, 0.5) is 0 Å². The Bertz CT molecular complexity index is 1040. The van der Waals surface area contributed by atoms with Crippen molar-refractivity contribution >= 4 is 11.6 Å². The summed E-state index contributed by atoms with van der Waals surface area (Å²) in [5.41, 5.74) is 4.18. The van der Waals surface area contributed by atoms with Crippen molar-refractivity contribution in [2.45, 2.75) is 26.2 Å². The molecule has 126 valence electrons. The number of nitrogens with zero attached hydrogens (tertiary/aromatic N) is 3. The third-order valence-corrected chi connectivity index (χ3v) is 4.49. The molecule has 0 saturated heterocycles. The van der Waals surface area contributed by atoms with Crippen molar-refractivity contribution in [3.8, 4) is 11.3 Å². The fraction of sp³-hybridized carbons (Fsp3) is 0.263. The summed E-state index contributed by atoms with van der Waals surface area (Å²) in [6, 6.07) is 8.18. The number of carbonyl (C=O) groups is 1. The zero-order valence-electron chi connectivity index (χ0n) is 13.9. The van der Waals surface area contributed by atoms with Crippen molar-refractivity contribution < 1.29 is 9.53 Å². The molecule has 0 atom stereocenters. The van der Waals surface area contributed by atoms with Gasteiger partial charge in [0.05, 0.1) is 12.3 Å². The molecular weight excluding hydrogens is 318 g/mol. The number of carbonyl (C=O) groups excluding carboxylic acids is 1. The number of rotatable bonds is 2. The molecule has 6 nitrogen and oxygen atoms in total. The van der Waals surface area contributed by atoms with Gasteiger partial charge in [-0.1, -0.05) is 24.3 Å². The van der Waals surface area contributed by atoms with Crippen molar-refractivity contribution in [1.82, 2.24) is 14.4 Å². The Hall–Kier alpha value is -3.02. The van der Waals surface area contributed by atoms with Gasteiger partial charge in [-0.3, -0.25) is 4.79 Å². The number of esters is 1. The minimum atomic E-state index is -0.658. The van der Waals surface area contributed by atoms with E-state index in [1.54, 1.807) is 6.92 Å². The Morgan fingerprint density at radius 3 is 2.92 bits per heavy atom. The lowest BCUT2D eigenvalue weighted by Gasteiger charge is -2.11. The second-order valence-corrected chi connectivity index (χ2v) is 5.97. The minimum absolute atomic E-state index is 0.0740. The van der Waals surface area contributed by atoms with Crippen LogP contribution in [0.2, 0.25) is 0 Å². The average Bonchev–Trinajstić information content (AvgIpc) is 2.81. The Morgan fingerprint density at radius 1 is 1.24 bits per heavy atom. The highest BCUT2D eigenvalue weighted by Gasteiger charge is 2.21. The summed E-state index contributed by atoms with van der Waals surface area (Å²) in [6.07, 6.45) is 5.47. The molecule has 0 bridgehead atoms. The van der Waals surface area contributed by atoms with Crippen molar-refractivity contribution in [3.05, 3.63) is 63.8 Å². The van der Waals surface area contributed by atoms with E-state index < -0.39 is 11.5 Å². The number of benzene rings is 1. The molecule has 1 aromatic carbocycles. The summed E-state index contributed by atoms with van der Waals surface area (Å²) < 4.78 is 6.27. The second kappa shape index (κ2) is 6.12. The zero-order valence-corrected chi connectivity index (χ0v) is 13.9. The van der Waals surface area contributed by atoms with Gasteiger partial charge >= 0.3 is 5.97 Å². The fourth-order valence-corrected chi connectivity index (χ4v) is 3.33. The molecular formula is C19H17N3O3. The number of aromatic nitrogens is 3. The van der Waals surface area contributed by atoms with Gasteiger partial charge in [0.1, 0.15) is 17.5 Å². The quantitative estimate of drug-likeness (QED) is 0.673. The van der Waals surface area contributed by atoms with E-state index >= 15 is 0 Å². The lowest BCUT2D eigenvalue weighted by molar-refractivity contribution is 0.0523. The molecule has 0 aliphatic heterocycles. The smallest absolute Gasteiger partial charge is 0.345 e. The van der Waals surface area contributed by atoms with Crippen LogP contribution >= 0.6 is 0 Å². The fourth-order valence-electron chi connectivity index (χ4n) is 3.33. The summed E-state index contributed by atoms with van der Waals surface area (Å²) in [4.78, 5) is 33.5. The van der Waals surface area contributed by atoms with Crippen molar-refractivity contribution in [3.63, 3.8) is 0 Å².